The maximum atomic E-state index is 14.0. The van der Waals surface area contributed by atoms with Gasteiger partial charge in [0.25, 0.3) is 0 Å². The van der Waals surface area contributed by atoms with Crippen LogP contribution in [-0.2, 0) is 0 Å². The van der Waals surface area contributed by atoms with Gasteiger partial charge in [0.2, 0.25) is 0 Å². The molecule has 1 aromatic carbocycles. The number of rotatable bonds is 5. The highest BCUT2D eigenvalue weighted by Crippen LogP contribution is 2.29. The van der Waals surface area contributed by atoms with E-state index < -0.39 is 5.82 Å². The molecule has 0 aliphatic carbocycles. The summed E-state index contributed by atoms with van der Waals surface area (Å²) in [4.78, 5) is 8.42. The number of nitrogens with one attached hydrogen (secondary N) is 1. The van der Waals surface area contributed by atoms with Crippen LogP contribution in [0.15, 0.2) is 18.2 Å². The number of aryl methyl sites for hydroxylation is 1. The Bertz CT molecular complexity index is 649. The summed E-state index contributed by atoms with van der Waals surface area (Å²) in [5, 5.41) is 3.43. The monoisotopic (exact) mass is 309 g/mol. The van der Waals surface area contributed by atoms with E-state index in [0.717, 1.165) is 6.42 Å². The zero-order valence-corrected chi connectivity index (χ0v) is 13.0. The normalized spacial score (nSPS) is 10.5. The maximum absolute atomic E-state index is 14.0. The second-order valence-electron chi connectivity index (χ2n) is 4.57. The van der Waals surface area contributed by atoms with Crippen molar-refractivity contribution < 1.29 is 9.13 Å². The number of ether oxygens (including phenoxy) is 1. The number of aromatic nitrogens is 2. The van der Waals surface area contributed by atoms with Crippen LogP contribution in [0.3, 0.4) is 0 Å². The minimum absolute atomic E-state index is 0.214. The van der Waals surface area contributed by atoms with E-state index in [1.54, 1.807) is 32.2 Å². The lowest BCUT2D eigenvalue weighted by Gasteiger charge is -2.10. The molecule has 0 amide bonds. The first kappa shape index (κ1) is 15.5. The topological polar surface area (TPSA) is 47.0 Å². The quantitative estimate of drug-likeness (QED) is 0.904. The lowest BCUT2D eigenvalue weighted by atomic mass is 10.2. The van der Waals surface area contributed by atoms with E-state index in [1.165, 1.54) is 0 Å². The minimum Gasteiger partial charge on any atom is -0.495 e. The molecule has 0 atom stereocenters. The third-order valence-corrected chi connectivity index (χ3v) is 3.26. The van der Waals surface area contributed by atoms with Crippen LogP contribution in [0.2, 0.25) is 5.02 Å². The molecule has 0 bridgehead atoms. The molecule has 0 aliphatic heterocycles. The van der Waals surface area contributed by atoms with Gasteiger partial charge in [-0.15, -0.1) is 0 Å². The standard InChI is InChI=1S/C15H17ClFN3O/c1-4-7-18-15-13(17)9(2)19-14(20-15)10-5-6-12(21-3)11(16)8-10/h5-6,8H,4,7H2,1-3H3,(H,18,19,20). The number of anilines is 1. The van der Waals surface area contributed by atoms with Gasteiger partial charge >= 0.3 is 0 Å². The van der Waals surface area contributed by atoms with E-state index in [-0.39, 0.29) is 5.82 Å². The Morgan fingerprint density at radius 1 is 1.33 bits per heavy atom. The molecular weight excluding hydrogens is 293 g/mol. The van der Waals surface area contributed by atoms with Crippen LogP contribution in [0.5, 0.6) is 5.75 Å². The molecule has 1 heterocycles. The summed E-state index contributed by atoms with van der Waals surface area (Å²) < 4.78 is 19.1. The lowest BCUT2D eigenvalue weighted by Crippen LogP contribution is -2.08. The molecule has 1 aromatic heterocycles. The van der Waals surface area contributed by atoms with Crippen LogP contribution in [0, 0.1) is 12.7 Å². The first-order valence-corrected chi connectivity index (χ1v) is 7.06. The van der Waals surface area contributed by atoms with E-state index >= 15 is 0 Å². The second-order valence-corrected chi connectivity index (χ2v) is 4.98. The molecule has 6 heteroatoms. The van der Waals surface area contributed by atoms with Gasteiger partial charge in [-0.1, -0.05) is 18.5 Å². The SMILES string of the molecule is CCCNc1nc(-c2ccc(OC)c(Cl)c2)nc(C)c1F. The zero-order chi connectivity index (χ0) is 15.4. The van der Waals surface area contributed by atoms with E-state index in [1.807, 2.05) is 6.92 Å². The Morgan fingerprint density at radius 3 is 2.71 bits per heavy atom. The van der Waals surface area contributed by atoms with Crippen LogP contribution in [0.4, 0.5) is 10.2 Å². The van der Waals surface area contributed by atoms with E-state index in [2.05, 4.69) is 15.3 Å². The molecule has 0 spiro atoms. The molecular formula is C15H17ClFN3O. The Labute approximate surface area is 128 Å². The fourth-order valence-electron chi connectivity index (χ4n) is 1.85. The molecule has 4 nitrogen and oxygen atoms in total. The van der Waals surface area contributed by atoms with E-state index in [4.69, 9.17) is 16.3 Å². The molecule has 0 saturated heterocycles. The van der Waals surface area contributed by atoms with Crippen molar-refractivity contribution in [3.63, 3.8) is 0 Å². The summed E-state index contributed by atoms with van der Waals surface area (Å²) in [5.41, 5.74) is 1.01. The van der Waals surface area contributed by atoms with Gasteiger partial charge in [0, 0.05) is 12.1 Å². The molecule has 0 saturated carbocycles. The number of methoxy groups -OCH3 is 1. The van der Waals surface area contributed by atoms with Crippen molar-refractivity contribution in [2.24, 2.45) is 0 Å². The van der Waals surface area contributed by atoms with Gasteiger partial charge in [0.15, 0.2) is 17.5 Å². The smallest absolute Gasteiger partial charge is 0.186 e. The van der Waals surface area contributed by atoms with Crippen molar-refractivity contribution >= 4 is 17.4 Å². The predicted molar refractivity (Wildman–Crippen MR) is 82.5 cm³/mol. The highest BCUT2D eigenvalue weighted by atomic mass is 35.5. The Hall–Kier alpha value is -1.88. The molecule has 1 N–H and O–H groups in total. The molecule has 0 fully saturated rings. The summed E-state index contributed by atoms with van der Waals surface area (Å²) >= 11 is 6.10. The van der Waals surface area contributed by atoms with Crippen molar-refractivity contribution in [3.8, 4) is 17.1 Å². The minimum atomic E-state index is -0.424. The second kappa shape index (κ2) is 6.72. The van der Waals surface area contributed by atoms with Crippen molar-refractivity contribution in [1.82, 2.24) is 9.97 Å². The number of benzene rings is 1. The molecule has 0 aliphatic rings. The largest absolute Gasteiger partial charge is 0.495 e. The first-order valence-electron chi connectivity index (χ1n) is 6.68. The van der Waals surface area contributed by atoms with Crippen LogP contribution < -0.4 is 10.1 Å². The average molecular weight is 310 g/mol. The van der Waals surface area contributed by atoms with Gasteiger partial charge in [-0.05, 0) is 31.5 Å². The summed E-state index contributed by atoms with van der Waals surface area (Å²) in [5.74, 6) is 0.790. The molecule has 0 radical (unpaired) electrons. The van der Waals surface area contributed by atoms with Crippen molar-refractivity contribution in [1.29, 1.82) is 0 Å². The maximum Gasteiger partial charge on any atom is 0.186 e. The fraction of sp³-hybridized carbons (Fsp3) is 0.333. The molecule has 2 aromatic rings. The van der Waals surface area contributed by atoms with E-state index in [9.17, 15) is 4.39 Å². The van der Waals surface area contributed by atoms with Gasteiger partial charge in [-0.3, -0.25) is 0 Å². The Morgan fingerprint density at radius 2 is 2.10 bits per heavy atom. The van der Waals surface area contributed by atoms with Crippen LogP contribution >= 0.6 is 11.6 Å². The van der Waals surface area contributed by atoms with Crippen molar-refractivity contribution in [2.75, 3.05) is 19.0 Å². The van der Waals surface area contributed by atoms with E-state index in [0.29, 0.717) is 34.4 Å². The highest BCUT2D eigenvalue weighted by molar-refractivity contribution is 6.32. The van der Waals surface area contributed by atoms with Crippen LogP contribution in [0.25, 0.3) is 11.4 Å². The number of nitrogens with zero attached hydrogens (tertiary/aromatic N) is 2. The van der Waals surface area contributed by atoms with Gasteiger partial charge in [0.1, 0.15) is 5.75 Å². The van der Waals surface area contributed by atoms with Gasteiger partial charge < -0.3 is 10.1 Å². The number of hydrogen-bond acceptors (Lipinski definition) is 4. The van der Waals surface area contributed by atoms with Crippen LogP contribution in [-0.4, -0.2) is 23.6 Å². The predicted octanol–water partition coefficient (Wildman–Crippen LogP) is 4.08. The summed E-state index contributed by atoms with van der Waals surface area (Å²) in [6.45, 7) is 4.27. The third-order valence-electron chi connectivity index (χ3n) is 2.97. The van der Waals surface area contributed by atoms with Gasteiger partial charge in [-0.25, -0.2) is 14.4 Å². The lowest BCUT2D eigenvalue weighted by molar-refractivity contribution is 0.415. The van der Waals surface area contributed by atoms with Crippen LogP contribution in [0.1, 0.15) is 19.0 Å². The van der Waals surface area contributed by atoms with Crippen molar-refractivity contribution in [2.45, 2.75) is 20.3 Å². The Balaban J connectivity index is 2.43. The summed E-state index contributed by atoms with van der Waals surface area (Å²) in [7, 11) is 1.55. The van der Waals surface area contributed by atoms with Crippen molar-refractivity contribution in [3.05, 3.63) is 34.7 Å². The highest BCUT2D eigenvalue weighted by Gasteiger charge is 2.13. The summed E-state index contributed by atoms with van der Waals surface area (Å²) in [6.07, 6.45) is 0.881. The van der Waals surface area contributed by atoms with Gasteiger partial charge in [-0.2, -0.15) is 0 Å². The Kier molecular flexibility index (Phi) is 4.96. The number of hydrogen-bond donors (Lipinski definition) is 1. The summed E-state index contributed by atoms with van der Waals surface area (Å²) in [6, 6.07) is 5.23. The average Bonchev–Trinajstić information content (AvgIpc) is 2.48. The molecule has 112 valence electrons. The number of halogens is 2. The molecule has 0 unspecified atom stereocenters. The zero-order valence-electron chi connectivity index (χ0n) is 12.2. The molecule has 2 rings (SSSR count). The molecule has 21 heavy (non-hydrogen) atoms. The third kappa shape index (κ3) is 3.42. The van der Waals surface area contributed by atoms with Gasteiger partial charge in [0.05, 0.1) is 17.8 Å². The first-order chi connectivity index (χ1) is 10.1. The fourth-order valence-corrected chi connectivity index (χ4v) is 2.11.